The number of nitrogens with one attached hydrogen (secondary N) is 1. The molecular weight excluding hydrogens is 360 g/mol. The molecule has 29 heavy (non-hydrogen) atoms. The second-order valence-corrected chi connectivity index (χ2v) is 7.60. The summed E-state index contributed by atoms with van der Waals surface area (Å²) in [6.07, 6.45) is 5.56. The number of rotatable bonds is 6. The monoisotopic (exact) mass is 384 g/mol. The summed E-state index contributed by atoms with van der Waals surface area (Å²) in [7, 11) is 0. The third-order valence-electron chi connectivity index (χ3n) is 5.70. The lowest BCUT2D eigenvalue weighted by Gasteiger charge is -2.13. The van der Waals surface area contributed by atoms with Crippen molar-refractivity contribution in [1.29, 1.82) is 0 Å². The van der Waals surface area contributed by atoms with E-state index >= 15 is 0 Å². The highest BCUT2D eigenvalue weighted by molar-refractivity contribution is 5.77. The number of hydrogen-bond acceptors (Lipinski definition) is 4. The number of para-hydroxylation sites is 2. The van der Waals surface area contributed by atoms with E-state index in [2.05, 4.69) is 74.6 Å². The molecule has 0 fully saturated rings. The van der Waals surface area contributed by atoms with E-state index in [9.17, 15) is 0 Å². The summed E-state index contributed by atoms with van der Waals surface area (Å²) in [4.78, 5) is 4.90. The minimum absolute atomic E-state index is 0.637. The van der Waals surface area contributed by atoms with Gasteiger partial charge in [-0.2, -0.15) is 5.21 Å². The predicted octanol–water partition coefficient (Wildman–Crippen LogP) is 4.81. The van der Waals surface area contributed by atoms with Crippen LogP contribution in [0.4, 0.5) is 0 Å². The normalized spacial score (nSPS) is 14.2. The number of imidazole rings is 1. The van der Waals surface area contributed by atoms with Gasteiger partial charge in [0.1, 0.15) is 5.82 Å². The molecule has 0 aliphatic heterocycles. The highest BCUT2D eigenvalue weighted by Crippen LogP contribution is 2.36. The first kappa shape index (κ1) is 17.8. The fourth-order valence-corrected chi connectivity index (χ4v) is 4.37. The van der Waals surface area contributed by atoms with Crippen LogP contribution >= 0.6 is 0 Å². The molecule has 5 rings (SSSR count). The van der Waals surface area contributed by atoms with Crippen LogP contribution in [-0.2, 0) is 13.0 Å². The number of hydrogen-bond donors (Lipinski definition) is 1. The van der Waals surface area contributed by atoms with E-state index in [4.69, 9.17) is 4.98 Å². The van der Waals surface area contributed by atoms with Crippen molar-refractivity contribution in [3.05, 3.63) is 65.5 Å². The Morgan fingerprint density at radius 1 is 1.03 bits per heavy atom. The van der Waals surface area contributed by atoms with Crippen molar-refractivity contribution in [2.75, 3.05) is 0 Å². The van der Waals surface area contributed by atoms with Crippen LogP contribution in [0.25, 0.3) is 28.0 Å². The summed E-state index contributed by atoms with van der Waals surface area (Å²) in [5.74, 6) is 1.82. The fourth-order valence-electron chi connectivity index (χ4n) is 4.37. The third-order valence-corrected chi connectivity index (χ3v) is 5.70. The molecule has 0 spiro atoms. The zero-order valence-corrected chi connectivity index (χ0v) is 16.6. The van der Waals surface area contributed by atoms with Gasteiger partial charge < -0.3 is 4.57 Å². The number of fused-ring (bicyclic) bond motifs is 1. The first-order valence-electron chi connectivity index (χ1n) is 10.3. The zero-order chi connectivity index (χ0) is 19.6. The molecule has 1 aliphatic carbocycles. The standard InChI is InChI=1S/C23H24N6/c1-2-7-22-24-20-12-3-4-13-21(20)29(22)15-18-10-6-11-19(18)16-8-5-9-17(14-16)23-25-27-28-26-23/h3-5,8-9,12-14H,2,6-7,10-11,15H2,1H3,(H,25,26,27,28). The van der Waals surface area contributed by atoms with Crippen LogP contribution < -0.4 is 0 Å². The van der Waals surface area contributed by atoms with Gasteiger partial charge in [0.2, 0.25) is 5.82 Å². The molecule has 1 N–H and O–H groups in total. The lowest BCUT2D eigenvalue weighted by atomic mass is 9.99. The minimum Gasteiger partial charge on any atom is -0.324 e. The lowest BCUT2D eigenvalue weighted by Crippen LogP contribution is -2.06. The van der Waals surface area contributed by atoms with Crippen molar-refractivity contribution < 1.29 is 0 Å². The number of H-pyrrole nitrogens is 1. The van der Waals surface area contributed by atoms with Crippen molar-refractivity contribution in [2.24, 2.45) is 0 Å². The van der Waals surface area contributed by atoms with Gasteiger partial charge in [-0.3, -0.25) is 0 Å². The predicted molar refractivity (Wildman–Crippen MR) is 114 cm³/mol. The topological polar surface area (TPSA) is 72.3 Å². The largest absolute Gasteiger partial charge is 0.324 e. The molecule has 146 valence electrons. The molecule has 0 saturated heterocycles. The zero-order valence-electron chi connectivity index (χ0n) is 16.6. The molecule has 6 heteroatoms. The number of aromatic nitrogens is 6. The quantitative estimate of drug-likeness (QED) is 0.518. The van der Waals surface area contributed by atoms with Gasteiger partial charge in [0, 0.05) is 18.5 Å². The van der Waals surface area contributed by atoms with Crippen LogP contribution in [0.15, 0.2) is 54.1 Å². The maximum absolute atomic E-state index is 4.90. The summed E-state index contributed by atoms with van der Waals surface area (Å²) < 4.78 is 2.42. The molecule has 2 aromatic carbocycles. The number of nitrogens with zero attached hydrogens (tertiary/aromatic N) is 5. The van der Waals surface area contributed by atoms with Crippen LogP contribution in [-0.4, -0.2) is 30.2 Å². The summed E-state index contributed by atoms with van der Waals surface area (Å²) >= 11 is 0. The van der Waals surface area contributed by atoms with Crippen molar-refractivity contribution in [2.45, 2.75) is 45.6 Å². The summed E-state index contributed by atoms with van der Waals surface area (Å²) in [6, 6.07) is 17.0. The Bertz CT molecular complexity index is 1170. The Labute approximate surface area is 169 Å². The smallest absolute Gasteiger partial charge is 0.204 e. The average molecular weight is 384 g/mol. The van der Waals surface area contributed by atoms with E-state index in [1.54, 1.807) is 0 Å². The number of allylic oxidation sites excluding steroid dienone is 2. The molecule has 0 radical (unpaired) electrons. The Morgan fingerprint density at radius 3 is 2.79 bits per heavy atom. The van der Waals surface area contributed by atoms with Gasteiger partial charge in [0.05, 0.1) is 11.0 Å². The minimum atomic E-state index is 0.637. The van der Waals surface area contributed by atoms with E-state index in [-0.39, 0.29) is 0 Å². The van der Waals surface area contributed by atoms with Crippen LogP contribution in [0.1, 0.15) is 44.0 Å². The van der Waals surface area contributed by atoms with Gasteiger partial charge in [0.15, 0.2) is 0 Å². The molecule has 0 unspecified atom stereocenters. The van der Waals surface area contributed by atoms with Gasteiger partial charge in [0.25, 0.3) is 0 Å². The van der Waals surface area contributed by atoms with Gasteiger partial charge in [-0.05, 0) is 65.8 Å². The molecule has 4 aromatic rings. The van der Waals surface area contributed by atoms with Crippen LogP contribution in [0.3, 0.4) is 0 Å². The second kappa shape index (κ2) is 7.62. The molecule has 0 saturated carbocycles. The number of aromatic amines is 1. The Hall–Kier alpha value is -3.28. The molecule has 2 aromatic heterocycles. The van der Waals surface area contributed by atoms with Gasteiger partial charge in [-0.15, -0.1) is 10.2 Å². The summed E-state index contributed by atoms with van der Waals surface area (Å²) in [6.45, 7) is 3.13. The number of benzene rings is 2. The SMILES string of the molecule is CCCc1nc2ccccc2n1CC1=C(c2cccc(-c3nn[nH]n3)c2)CCC1. The molecular formula is C23H24N6. The van der Waals surface area contributed by atoms with Gasteiger partial charge in [-0.1, -0.05) is 37.3 Å². The summed E-state index contributed by atoms with van der Waals surface area (Å²) in [5.41, 5.74) is 7.55. The molecule has 0 atom stereocenters. The average Bonchev–Trinajstić information content (AvgIpc) is 3.50. The first-order chi connectivity index (χ1) is 14.3. The van der Waals surface area contributed by atoms with Crippen molar-refractivity contribution in [3.63, 3.8) is 0 Å². The molecule has 2 heterocycles. The van der Waals surface area contributed by atoms with Crippen molar-refractivity contribution in [3.8, 4) is 11.4 Å². The Balaban J connectivity index is 1.55. The molecule has 6 nitrogen and oxygen atoms in total. The van der Waals surface area contributed by atoms with E-state index in [1.807, 2.05) is 6.07 Å². The second-order valence-electron chi connectivity index (χ2n) is 7.60. The van der Waals surface area contributed by atoms with E-state index < -0.39 is 0 Å². The third kappa shape index (κ3) is 3.35. The highest BCUT2D eigenvalue weighted by Gasteiger charge is 2.19. The lowest BCUT2D eigenvalue weighted by molar-refractivity contribution is 0.699. The Kier molecular flexibility index (Phi) is 4.68. The van der Waals surface area contributed by atoms with Gasteiger partial charge >= 0.3 is 0 Å². The number of aryl methyl sites for hydroxylation is 1. The number of tetrazole rings is 1. The van der Waals surface area contributed by atoms with Gasteiger partial charge in [-0.25, -0.2) is 4.98 Å². The highest BCUT2D eigenvalue weighted by atomic mass is 15.5. The van der Waals surface area contributed by atoms with Crippen LogP contribution in [0, 0.1) is 0 Å². The molecule has 1 aliphatic rings. The van der Waals surface area contributed by atoms with Crippen LogP contribution in [0.2, 0.25) is 0 Å². The van der Waals surface area contributed by atoms with Crippen LogP contribution in [0.5, 0.6) is 0 Å². The van der Waals surface area contributed by atoms with E-state index in [1.165, 1.54) is 34.5 Å². The first-order valence-corrected chi connectivity index (χ1v) is 10.3. The van der Waals surface area contributed by atoms with E-state index in [0.717, 1.165) is 43.3 Å². The maximum atomic E-state index is 4.90. The summed E-state index contributed by atoms with van der Waals surface area (Å²) in [5, 5.41) is 14.5. The molecule has 0 amide bonds. The van der Waals surface area contributed by atoms with Crippen molar-refractivity contribution >= 4 is 16.6 Å². The fraction of sp³-hybridized carbons (Fsp3) is 0.304. The Morgan fingerprint density at radius 2 is 1.93 bits per heavy atom. The molecule has 0 bridgehead atoms. The maximum Gasteiger partial charge on any atom is 0.204 e. The van der Waals surface area contributed by atoms with E-state index in [0.29, 0.717) is 5.82 Å². The van der Waals surface area contributed by atoms with Crippen molar-refractivity contribution in [1.82, 2.24) is 30.2 Å².